The average Bonchev–Trinajstić information content (AvgIpc) is 2.61. The topological polar surface area (TPSA) is 58.5 Å². The summed E-state index contributed by atoms with van der Waals surface area (Å²) in [6, 6.07) is 8.73. The van der Waals surface area contributed by atoms with Gasteiger partial charge in [-0.25, -0.2) is 9.37 Å². The Bertz CT molecular complexity index is 718. The Morgan fingerprint density at radius 1 is 1.24 bits per heavy atom. The Morgan fingerprint density at radius 3 is 2.80 bits per heavy atom. The van der Waals surface area contributed by atoms with Crippen molar-refractivity contribution in [3.8, 4) is 5.88 Å². The van der Waals surface area contributed by atoms with Crippen LogP contribution in [-0.4, -0.2) is 31.1 Å². The molecule has 0 radical (unpaired) electrons. The maximum Gasteiger partial charge on any atom is 0.218 e. The second-order valence-electron chi connectivity index (χ2n) is 5.57. The first-order valence-corrected chi connectivity index (χ1v) is 8.40. The lowest BCUT2D eigenvalue weighted by atomic mass is 10.1. The average molecular weight is 344 g/mol. The van der Waals surface area contributed by atoms with Crippen LogP contribution in [0.5, 0.6) is 5.88 Å². The highest BCUT2D eigenvalue weighted by molar-refractivity contribution is 5.79. The molecule has 0 saturated heterocycles. The maximum atomic E-state index is 13.1. The third-order valence-corrected chi connectivity index (χ3v) is 3.79. The zero-order chi connectivity index (χ0) is 18.1. The number of guanidine groups is 1. The molecule has 1 aromatic carbocycles. The first-order valence-electron chi connectivity index (χ1n) is 8.40. The van der Waals surface area contributed by atoms with Crippen molar-refractivity contribution < 1.29 is 9.13 Å². The summed E-state index contributed by atoms with van der Waals surface area (Å²) in [7, 11) is 1.73. The van der Waals surface area contributed by atoms with E-state index in [0.29, 0.717) is 31.5 Å². The Labute approximate surface area is 148 Å². The number of aliphatic imine (C=N–C) groups is 1. The van der Waals surface area contributed by atoms with Gasteiger partial charge in [-0.3, -0.25) is 4.99 Å². The number of nitrogens with zero attached hydrogens (tertiary/aromatic N) is 2. The molecule has 0 aliphatic carbocycles. The summed E-state index contributed by atoms with van der Waals surface area (Å²) >= 11 is 0. The van der Waals surface area contributed by atoms with E-state index in [4.69, 9.17) is 4.74 Å². The monoisotopic (exact) mass is 344 g/mol. The molecular weight excluding hydrogens is 319 g/mol. The summed E-state index contributed by atoms with van der Waals surface area (Å²) in [6.07, 6.45) is 2.51. The number of benzene rings is 1. The Kier molecular flexibility index (Phi) is 7.19. The summed E-state index contributed by atoms with van der Waals surface area (Å²) in [5.74, 6) is 1.13. The van der Waals surface area contributed by atoms with Crippen LogP contribution in [0.1, 0.15) is 23.6 Å². The third kappa shape index (κ3) is 5.74. The van der Waals surface area contributed by atoms with Gasteiger partial charge in [0.2, 0.25) is 5.88 Å². The molecule has 2 N–H and O–H groups in total. The molecule has 0 saturated carbocycles. The molecule has 0 amide bonds. The van der Waals surface area contributed by atoms with Gasteiger partial charge in [-0.15, -0.1) is 0 Å². The van der Waals surface area contributed by atoms with E-state index in [1.165, 1.54) is 6.07 Å². The summed E-state index contributed by atoms with van der Waals surface area (Å²) in [4.78, 5) is 8.46. The van der Waals surface area contributed by atoms with Gasteiger partial charge in [-0.2, -0.15) is 0 Å². The number of hydrogen-bond donors (Lipinski definition) is 2. The van der Waals surface area contributed by atoms with E-state index in [-0.39, 0.29) is 5.82 Å². The predicted molar refractivity (Wildman–Crippen MR) is 98.4 cm³/mol. The number of aromatic nitrogens is 1. The van der Waals surface area contributed by atoms with Crippen LogP contribution in [0.3, 0.4) is 0 Å². The summed E-state index contributed by atoms with van der Waals surface area (Å²) in [5, 5.41) is 6.52. The van der Waals surface area contributed by atoms with E-state index in [2.05, 4.69) is 20.6 Å². The number of nitrogens with one attached hydrogen (secondary N) is 2. The van der Waals surface area contributed by atoms with Gasteiger partial charge >= 0.3 is 0 Å². The predicted octanol–water partition coefficient (Wildman–Crippen LogP) is 2.84. The molecule has 0 atom stereocenters. The second kappa shape index (κ2) is 9.61. The Hall–Kier alpha value is -2.63. The zero-order valence-corrected chi connectivity index (χ0v) is 15.0. The normalized spacial score (nSPS) is 11.3. The lowest BCUT2D eigenvalue weighted by Gasteiger charge is -2.14. The molecule has 0 aliphatic rings. The number of rotatable bonds is 7. The van der Waals surface area contributed by atoms with E-state index >= 15 is 0 Å². The molecule has 2 rings (SSSR count). The van der Waals surface area contributed by atoms with E-state index in [9.17, 15) is 4.39 Å². The molecule has 6 heteroatoms. The van der Waals surface area contributed by atoms with Gasteiger partial charge in [-0.1, -0.05) is 12.1 Å². The van der Waals surface area contributed by atoms with Gasteiger partial charge in [0, 0.05) is 31.9 Å². The molecule has 0 unspecified atom stereocenters. The Morgan fingerprint density at radius 2 is 2.08 bits per heavy atom. The molecule has 2 aromatic rings. The zero-order valence-electron chi connectivity index (χ0n) is 15.0. The van der Waals surface area contributed by atoms with Gasteiger partial charge < -0.3 is 15.4 Å². The quantitative estimate of drug-likeness (QED) is 0.599. The molecule has 134 valence electrons. The van der Waals surface area contributed by atoms with Crippen molar-refractivity contribution in [3.05, 3.63) is 59.0 Å². The molecule has 0 fully saturated rings. The number of halogens is 1. The lowest BCUT2D eigenvalue weighted by Crippen LogP contribution is -2.38. The highest BCUT2D eigenvalue weighted by Crippen LogP contribution is 2.13. The molecule has 1 heterocycles. The molecule has 0 bridgehead atoms. The second-order valence-corrected chi connectivity index (χ2v) is 5.57. The van der Waals surface area contributed by atoms with Crippen molar-refractivity contribution in [2.24, 2.45) is 4.99 Å². The van der Waals surface area contributed by atoms with Crippen molar-refractivity contribution in [1.82, 2.24) is 15.6 Å². The minimum Gasteiger partial charge on any atom is -0.478 e. The van der Waals surface area contributed by atoms with Crippen LogP contribution in [0.4, 0.5) is 4.39 Å². The fourth-order valence-electron chi connectivity index (χ4n) is 2.48. The summed E-state index contributed by atoms with van der Waals surface area (Å²) in [5.41, 5.74) is 3.05. The van der Waals surface area contributed by atoms with Crippen molar-refractivity contribution in [3.63, 3.8) is 0 Å². The maximum absolute atomic E-state index is 13.1. The highest BCUT2D eigenvalue weighted by atomic mass is 19.1. The summed E-state index contributed by atoms with van der Waals surface area (Å²) in [6.45, 7) is 5.71. The van der Waals surface area contributed by atoms with Crippen molar-refractivity contribution >= 4 is 5.96 Å². The molecule has 25 heavy (non-hydrogen) atoms. The van der Waals surface area contributed by atoms with Crippen LogP contribution < -0.4 is 15.4 Å². The van der Waals surface area contributed by atoms with Crippen molar-refractivity contribution in [2.75, 3.05) is 20.2 Å². The van der Waals surface area contributed by atoms with Crippen molar-refractivity contribution in [1.29, 1.82) is 0 Å². The molecule has 1 aromatic heterocycles. The lowest BCUT2D eigenvalue weighted by molar-refractivity contribution is 0.322. The van der Waals surface area contributed by atoms with Gasteiger partial charge in [0.25, 0.3) is 0 Å². The fraction of sp³-hybridized carbons (Fsp3) is 0.368. The van der Waals surface area contributed by atoms with Gasteiger partial charge in [0.1, 0.15) is 5.82 Å². The van der Waals surface area contributed by atoms with Crippen LogP contribution in [0.25, 0.3) is 0 Å². The molecule has 5 nitrogen and oxygen atoms in total. The number of aryl methyl sites for hydroxylation is 1. The van der Waals surface area contributed by atoms with E-state index in [1.807, 2.05) is 32.0 Å². The van der Waals surface area contributed by atoms with Crippen LogP contribution in [0, 0.1) is 12.7 Å². The van der Waals surface area contributed by atoms with Crippen LogP contribution in [-0.2, 0) is 13.0 Å². The standard InChI is InChI=1S/C19H25FN4O/c1-4-25-18-16(6-5-10-22-18)13-24-19(21-3)23-11-9-15-7-8-17(20)12-14(15)2/h5-8,10,12H,4,9,11,13H2,1-3H3,(H2,21,23,24). The van der Waals surface area contributed by atoms with Crippen LogP contribution >= 0.6 is 0 Å². The van der Waals surface area contributed by atoms with Gasteiger partial charge in [0.05, 0.1) is 6.61 Å². The van der Waals surface area contributed by atoms with Gasteiger partial charge in [-0.05, 0) is 49.6 Å². The number of pyridine rings is 1. The molecular formula is C19H25FN4O. The minimum atomic E-state index is -0.201. The Balaban J connectivity index is 1.85. The number of hydrogen-bond acceptors (Lipinski definition) is 3. The third-order valence-electron chi connectivity index (χ3n) is 3.79. The SMILES string of the molecule is CCOc1ncccc1CNC(=NC)NCCc1ccc(F)cc1C. The first-order chi connectivity index (χ1) is 12.1. The van der Waals surface area contributed by atoms with Crippen LogP contribution in [0.2, 0.25) is 0 Å². The van der Waals surface area contributed by atoms with E-state index in [1.54, 1.807) is 19.3 Å². The van der Waals surface area contributed by atoms with E-state index < -0.39 is 0 Å². The van der Waals surface area contributed by atoms with E-state index in [0.717, 1.165) is 23.1 Å². The largest absolute Gasteiger partial charge is 0.478 e. The molecule has 0 spiro atoms. The number of ether oxygens (including phenoxy) is 1. The molecule has 0 aliphatic heterocycles. The fourth-order valence-corrected chi connectivity index (χ4v) is 2.48. The first kappa shape index (κ1) is 18.7. The van der Waals surface area contributed by atoms with Crippen molar-refractivity contribution in [2.45, 2.75) is 26.8 Å². The minimum absolute atomic E-state index is 0.201. The highest BCUT2D eigenvalue weighted by Gasteiger charge is 2.06. The summed E-state index contributed by atoms with van der Waals surface area (Å²) < 4.78 is 18.7. The smallest absolute Gasteiger partial charge is 0.218 e. The van der Waals surface area contributed by atoms with Gasteiger partial charge in [0.15, 0.2) is 5.96 Å². The van der Waals surface area contributed by atoms with Crippen LogP contribution in [0.15, 0.2) is 41.5 Å².